The number of amides is 1. The second kappa shape index (κ2) is 9.46. The number of carboxylic acids is 1. The van der Waals surface area contributed by atoms with Crippen molar-refractivity contribution in [1.82, 2.24) is 9.80 Å². The zero-order chi connectivity index (χ0) is 23.5. The summed E-state index contributed by atoms with van der Waals surface area (Å²) in [4.78, 5) is 40.3. The van der Waals surface area contributed by atoms with Gasteiger partial charge in [0.1, 0.15) is 11.3 Å². The molecule has 1 N–H and O–H groups in total. The van der Waals surface area contributed by atoms with Crippen LogP contribution in [0.15, 0.2) is 51.7 Å². The molecule has 0 radical (unpaired) electrons. The highest BCUT2D eigenvalue weighted by Gasteiger charge is 2.26. The maximum absolute atomic E-state index is 12.9. The van der Waals surface area contributed by atoms with E-state index in [0.717, 1.165) is 23.9 Å². The Morgan fingerprint density at radius 2 is 1.82 bits per heavy atom. The van der Waals surface area contributed by atoms with Crippen LogP contribution in [0.1, 0.15) is 38.3 Å². The summed E-state index contributed by atoms with van der Waals surface area (Å²) in [6.07, 6.45) is 1.42. The van der Waals surface area contributed by atoms with Gasteiger partial charge in [-0.3, -0.25) is 4.79 Å². The first kappa shape index (κ1) is 22.5. The minimum atomic E-state index is -1.05. The molecule has 0 saturated carbocycles. The van der Waals surface area contributed by atoms with Crippen LogP contribution >= 0.6 is 0 Å². The van der Waals surface area contributed by atoms with Gasteiger partial charge in [0, 0.05) is 30.1 Å². The fourth-order valence-electron chi connectivity index (χ4n) is 4.02. The summed E-state index contributed by atoms with van der Waals surface area (Å²) < 4.78 is 11.4. The molecule has 8 nitrogen and oxygen atoms in total. The first-order valence-electron chi connectivity index (χ1n) is 10.8. The lowest BCUT2D eigenvalue weighted by Crippen LogP contribution is -2.38. The molecule has 1 aliphatic heterocycles. The van der Waals surface area contributed by atoms with Gasteiger partial charge in [-0.05, 0) is 68.9 Å². The molecule has 4 rings (SSSR count). The molecule has 1 amide bonds. The van der Waals surface area contributed by atoms with Gasteiger partial charge in [0.25, 0.3) is 5.91 Å². The molecule has 0 saturated heterocycles. The van der Waals surface area contributed by atoms with Crippen LogP contribution in [0.25, 0.3) is 11.0 Å². The number of nitrogens with zero attached hydrogens (tertiary/aromatic N) is 2. The van der Waals surface area contributed by atoms with Gasteiger partial charge in [-0.25, -0.2) is 9.59 Å². The molecule has 33 heavy (non-hydrogen) atoms. The summed E-state index contributed by atoms with van der Waals surface area (Å²) in [6.45, 7) is 2.10. The molecule has 0 aliphatic carbocycles. The normalized spacial score (nSPS) is 13.2. The molecule has 3 aromatic rings. The highest BCUT2D eigenvalue weighted by molar-refractivity contribution is 5.96. The average molecular weight is 450 g/mol. The topological polar surface area (TPSA) is 100 Å². The summed E-state index contributed by atoms with van der Waals surface area (Å²) in [5.74, 6) is -0.646. The first-order valence-corrected chi connectivity index (χ1v) is 10.8. The molecule has 1 aromatic heterocycles. The summed E-state index contributed by atoms with van der Waals surface area (Å²) in [5, 5.41) is 9.88. The predicted molar refractivity (Wildman–Crippen MR) is 123 cm³/mol. The molecule has 0 unspecified atom stereocenters. The van der Waals surface area contributed by atoms with Crippen LogP contribution in [-0.2, 0) is 13.0 Å². The maximum atomic E-state index is 12.9. The Balaban J connectivity index is 1.52. The molecule has 1 aliphatic rings. The Morgan fingerprint density at radius 1 is 1.09 bits per heavy atom. The summed E-state index contributed by atoms with van der Waals surface area (Å²) in [6, 6.07) is 11.3. The number of hydrogen-bond acceptors (Lipinski definition) is 6. The molecule has 172 valence electrons. The standard InChI is InChI=1S/C25H26N2O6/c1-26(2)11-3-13-32-18-8-9-20-19-10-12-27(15-21(19)25(31)33-22(20)14-18)23(28)16-4-6-17(7-5-16)24(29)30/h4-9,14H,3,10-13,15H2,1-2H3,(H,29,30). The van der Waals surface area contributed by atoms with E-state index in [4.69, 9.17) is 14.3 Å². The van der Waals surface area contributed by atoms with Crippen LogP contribution in [-0.4, -0.2) is 60.6 Å². The molecule has 0 fully saturated rings. The number of rotatable bonds is 7. The second-order valence-electron chi connectivity index (χ2n) is 8.37. The number of fused-ring (bicyclic) bond motifs is 3. The van der Waals surface area contributed by atoms with Gasteiger partial charge in [0.05, 0.1) is 24.3 Å². The SMILES string of the molecule is CN(C)CCCOc1ccc2c3c(c(=O)oc2c1)CN(C(=O)c1ccc(C(=O)O)cc1)CC3. The predicted octanol–water partition coefficient (Wildman–Crippen LogP) is 3.02. The quantitative estimate of drug-likeness (QED) is 0.436. The van der Waals surface area contributed by atoms with E-state index in [9.17, 15) is 14.4 Å². The third kappa shape index (κ3) is 4.90. The van der Waals surface area contributed by atoms with E-state index in [1.807, 2.05) is 26.2 Å². The first-order chi connectivity index (χ1) is 15.8. The highest BCUT2D eigenvalue weighted by atomic mass is 16.5. The van der Waals surface area contributed by atoms with E-state index in [1.54, 1.807) is 11.0 Å². The van der Waals surface area contributed by atoms with E-state index in [0.29, 0.717) is 42.0 Å². The molecule has 8 heteroatoms. The van der Waals surface area contributed by atoms with E-state index in [1.165, 1.54) is 24.3 Å². The third-order valence-corrected chi connectivity index (χ3v) is 5.76. The Morgan fingerprint density at radius 3 is 2.52 bits per heavy atom. The Labute approximate surface area is 191 Å². The monoisotopic (exact) mass is 450 g/mol. The van der Waals surface area contributed by atoms with Gasteiger partial charge < -0.3 is 24.1 Å². The Kier molecular flexibility index (Phi) is 6.46. The highest BCUT2D eigenvalue weighted by Crippen LogP contribution is 2.28. The summed E-state index contributed by atoms with van der Waals surface area (Å²) in [7, 11) is 4.02. The number of carboxylic acid groups (broad SMARTS) is 1. The van der Waals surface area contributed by atoms with Crippen molar-refractivity contribution in [1.29, 1.82) is 0 Å². The van der Waals surface area contributed by atoms with Gasteiger partial charge >= 0.3 is 11.6 Å². The van der Waals surface area contributed by atoms with Crippen LogP contribution < -0.4 is 10.4 Å². The molecule has 0 spiro atoms. The van der Waals surface area contributed by atoms with E-state index in [2.05, 4.69) is 4.90 Å². The van der Waals surface area contributed by atoms with Crippen LogP contribution in [0.4, 0.5) is 0 Å². The van der Waals surface area contributed by atoms with Crippen molar-refractivity contribution in [3.63, 3.8) is 0 Å². The zero-order valence-corrected chi connectivity index (χ0v) is 18.7. The van der Waals surface area contributed by atoms with Gasteiger partial charge in [-0.2, -0.15) is 0 Å². The molecule has 2 heterocycles. The zero-order valence-electron chi connectivity index (χ0n) is 18.7. The van der Waals surface area contributed by atoms with Crippen molar-refractivity contribution in [2.24, 2.45) is 0 Å². The minimum Gasteiger partial charge on any atom is -0.493 e. The number of benzene rings is 2. The molecular weight excluding hydrogens is 424 g/mol. The summed E-state index contributed by atoms with van der Waals surface area (Å²) in [5.41, 5.74) is 1.89. The average Bonchev–Trinajstić information content (AvgIpc) is 2.81. The lowest BCUT2D eigenvalue weighted by molar-refractivity contribution is 0.0692. The number of aromatic carboxylic acids is 1. The van der Waals surface area contributed by atoms with E-state index < -0.39 is 11.6 Å². The largest absolute Gasteiger partial charge is 0.493 e. The number of hydrogen-bond donors (Lipinski definition) is 1. The maximum Gasteiger partial charge on any atom is 0.341 e. The molecule has 2 aromatic carbocycles. The van der Waals surface area contributed by atoms with Crippen molar-refractivity contribution in [3.8, 4) is 5.75 Å². The third-order valence-electron chi connectivity index (χ3n) is 5.76. The smallest absolute Gasteiger partial charge is 0.341 e. The van der Waals surface area contributed by atoms with Crippen LogP contribution in [0, 0.1) is 0 Å². The van der Waals surface area contributed by atoms with Crippen LogP contribution in [0.3, 0.4) is 0 Å². The number of carbonyl (C=O) groups is 2. The molecule has 0 atom stereocenters. The van der Waals surface area contributed by atoms with Crippen LogP contribution in [0.5, 0.6) is 5.75 Å². The Bertz CT molecular complexity index is 1250. The number of ether oxygens (including phenoxy) is 1. The lowest BCUT2D eigenvalue weighted by atomic mass is 9.97. The fraction of sp³-hybridized carbons (Fsp3) is 0.320. The van der Waals surface area contributed by atoms with Gasteiger partial charge in [-0.1, -0.05) is 0 Å². The van der Waals surface area contributed by atoms with Crippen LogP contribution in [0.2, 0.25) is 0 Å². The fourth-order valence-corrected chi connectivity index (χ4v) is 4.02. The summed E-state index contributed by atoms with van der Waals surface area (Å²) >= 11 is 0. The van der Waals surface area contributed by atoms with Crippen molar-refractivity contribution in [3.05, 3.63) is 75.1 Å². The van der Waals surface area contributed by atoms with Gasteiger partial charge in [0.2, 0.25) is 0 Å². The molecule has 0 bridgehead atoms. The second-order valence-corrected chi connectivity index (χ2v) is 8.37. The van der Waals surface area contributed by atoms with Gasteiger partial charge in [-0.15, -0.1) is 0 Å². The van der Waals surface area contributed by atoms with Crippen molar-refractivity contribution in [2.75, 3.05) is 33.8 Å². The lowest BCUT2D eigenvalue weighted by Gasteiger charge is -2.28. The van der Waals surface area contributed by atoms with E-state index >= 15 is 0 Å². The minimum absolute atomic E-state index is 0.115. The van der Waals surface area contributed by atoms with Crippen molar-refractivity contribution in [2.45, 2.75) is 19.4 Å². The van der Waals surface area contributed by atoms with Gasteiger partial charge in [0.15, 0.2) is 0 Å². The van der Waals surface area contributed by atoms with E-state index in [-0.39, 0.29) is 18.0 Å². The van der Waals surface area contributed by atoms with Crippen molar-refractivity contribution >= 4 is 22.8 Å². The molecular formula is C25H26N2O6. The van der Waals surface area contributed by atoms with Crippen molar-refractivity contribution < 1.29 is 23.8 Å². The number of carbonyl (C=O) groups excluding carboxylic acids is 1. The Hall–Kier alpha value is -3.65.